The Morgan fingerprint density at radius 1 is 1.62 bits per heavy atom. The van der Waals surface area contributed by atoms with Crippen molar-refractivity contribution >= 4 is 6.29 Å². The third kappa shape index (κ3) is 2.71. The molecule has 8 heavy (non-hydrogen) atoms. The molecule has 0 spiro atoms. The molecule has 0 bridgehead atoms. The molecular weight excluding hydrogens is 108 g/mol. The Morgan fingerprint density at radius 2 is 2.12 bits per heavy atom. The molecule has 0 aromatic rings. The predicted octanol–water partition coefficient (Wildman–Crippen LogP) is -0.334. The van der Waals surface area contributed by atoms with Crippen molar-refractivity contribution < 1.29 is 15.0 Å². The minimum absolute atomic E-state index is 0.186. The van der Waals surface area contributed by atoms with Crippen LogP contribution in [0.1, 0.15) is 19.8 Å². The van der Waals surface area contributed by atoms with Gasteiger partial charge in [0.2, 0.25) is 0 Å². The lowest BCUT2D eigenvalue weighted by atomic mass is 10.1. The van der Waals surface area contributed by atoms with Crippen molar-refractivity contribution in [2.45, 2.75) is 25.6 Å². The van der Waals surface area contributed by atoms with Crippen LogP contribution < -0.4 is 0 Å². The van der Waals surface area contributed by atoms with Gasteiger partial charge in [-0.15, -0.1) is 0 Å². The Bertz CT molecular complexity index is 77.7. The maximum atomic E-state index is 9.66. The van der Waals surface area contributed by atoms with E-state index in [2.05, 4.69) is 0 Å². The summed E-state index contributed by atoms with van der Waals surface area (Å²) >= 11 is 0. The Kier molecular flexibility index (Phi) is 2.65. The fourth-order valence-corrected chi connectivity index (χ4v) is 0.278. The number of hydrogen-bond donors (Lipinski definition) is 2. The van der Waals surface area contributed by atoms with Crippen LogP contribution in [0, 0.1) is 0 Å². The SMILES string of the molecule is CCC(O)(O)CC=O. The van der Waals surface area contributed by atoms with Crippen LogP contribution in [0.2, 0.25) is 0 Å². The molecule has 0 saturated heterocycles. The zero-order chi connectivity index (χ0) is 6.62. The molecule has 0 unspecified atom stereocenters. The van der Waals surface area contributed by atoms with Crippen molar-refractivity contribution in [3.05, 3.63) is 0 Å². The summed E-state index contributed by atoms with van der Waals surface area (Å²) in [5.41, 5.74) is 0. The van der Waals surface area contributed by atoms with E-state index in [1.54, 1.807) is 6.92 Å². The van der Waals surface area contributed by atoms with Crippen LogP contribution in [-0.4, -0.2) is 22.3 Å². The normalized spacial score (nSPS) is 11.4. The highest BCUT2D eigenvalue weighted by molar-refractivity contribution is 5.50. The molecule has 0 aliphatic heterocycles. The van der Waals surface area contributed by atoms with Crippen molar-refractivity contribution in [1.29, 1.82) is 0 Å². The second kappa shape index (κ2) is 2.79. The van der Waals surface area contributed by atoms with Gasteiger partial charge in [-0.1, -0.05) is 6.92 Å². The average molecular weight is 118 g/mol. The van der Waals surface area contributed by atoms with Crippen LogP contribution in [-0.2, 0) is 4.79 Å². The van der Waals surface area contributed by atoms with E-state index < -0.39 is 5.79 Å². The highest BCUT2D eigenvalue weighted by atomic mass is 16.5. The van der Waals surface area contributed by atoms with E-state index in [0.29, 0.717) is 6.29 Å². The topological polar surface area (TPSA) is 57.5 Å². The van der Waals surface area contributed by atoms with Crippen LogP contribution in [0.25, 0.3) is 0 Å². The predicted molar refractivity (Wildman–Crippen MR) is 28.1 cm³/mol. The number of rotatable bonds is 3. The van der Waals surface area contributed by atoms with Crippen LogP contribution >= 0.6 is 0 Å². The molecule has 3 heteroatoms. The molecule has 48 valence electrons. The number of carbonyl (C=O) groups is 1. The van der Waals surface area contributed by atoms with Crippen LogP contribution in [0.15, 0.2) is 0 Å². The maximum absolute atomic E-state index is 9.66. The Hall–Kier alpha value is -0.410. The lowest BCUT2D eigenvalue weighted by Crippen LogP contribution is -2.26. The molecule has 0 atom stereocenters. The molecule has 0 aromatic carbocycles. The molecular formula is C5H10O3. The molecule has 2 N–H and O–H groups in total. The Balaban J connectivity index is 3.53. The molecule has 0 aliphatic rings. The third-order valence-electron chi connectivity index (χ3n) is 0.976. The van der Waals surface area contributed by atoms with E-state index in [1.165, 1.54) is 0 Å². The Morgan fingerprint density at radius 3 is 2.25 bits per heavy atom. The first-order valence-electron chi connectivity index (χ1n) is 2.51. The Labute approximate surface area is 47.9 Å². The zero-order valence-electron chi connectivity index (χ0n) is 4.79. The molecule has 3 nitrogen and oxygen atoms in total. The number of aliphatic hydroxyl groups is 2. The second-order valence-corrected chi connectivity index (χ2v) is 1.71. The third-order valence-corrected chi connectivity index (χ3v) is 0.976. The first-order chi connectivity index (χ1) is 3.62. The van der Waals surface area contributed by atoms with Gasteiger partial charge in [-0.25, -0.2) is 0 Å². The summed E-state index contributed by atoms with van der Waals surface area (Å²) in [7, 11) is 0. The zero-order valence-corrected chi connectivity index (χ0v) is 4.79. The molecule has 0 rings (SSSR count). The number of carbonyl (C=O) groups excluding carboxylic acids is 1. The monoisotopic (exact) mass is 118 g/mol. The first kappa shape index (κ1) is 7.59. The van der Waals surface area contributed by atoms with Gasteiger partial charge in [-0.2, -0.15) is 0 Å². The molecule has 0 saturated carbocycles. The van der Waals surface area contributed by atoms with Gasteiger partial charge in [-0.3, -0.25) is 0 Å². The fraction of sp³-hybridized carbons (Fsp3) is 0.800. The van der Waals surface area contributed by atoms with Gasteiger partial charge >= 0.3 is 0 Å². The van der Waals surface area contributed by atoms with Crippen LogP contribution in [0.5, 0.6) is 0 Å². The van der Waals surface area contributed by atoms with Gasteiger partial charge in [-0.05, 0) is 6.42 Å². The highest BCUT2D eigenvalue weighted by Crippen LogP contribution is 2.06. The van der Waals surface area contributed by atoms with Gasteiger partial charge in [0.25, 0.3) is 0 Å². The summed E-state index contributed by atoms with van der Waals surface area (Å²) in [6.07, 6.45) is 0.471. The molecule has 0 heterocycles. The summed E-state index contributed by atoms with van der Waals surface area (Å²) in [4.78, 5) is 9.66. The minimum atomic E-state index is -1.78. The van der Waals surface area contributed by atoms with Gasteiger partial charge in [0.05, 0.1) is 6.42 Å². The summed E-state index contributed by atoms with van der Waals surface area (Å²) in [5.74, 6) is -1.78. The quantitative estimate of drug-likeness (QED) is 0.394. The minimum Gasteiger partial charge on any atom is -0.365 e. The maximum Gasteiger partial charge on any atom is 0.168 e. The molecule has 0 amide bonds. The van der Waals surface area contributed by atoms with Gasteiger partial charge in [0, 0.05) is 0 Å². The van der Waals surface area contributed by atoms with E-state index in [9.17, 15) is 4.79 Å². The van der Waals surface area contributed by atoms with E-state index in [0.717, 1.165) is 0 Å². The van der Waals surface area contributed by atoms with Crippen LogP contribution in [0.3, 0.4) is 0 Å². The van der Waals surface area contributed by atoms with Crippen molar-refractivity contribution in [1.82, 2.24) is 0 Å². The summed E-state index contributed by atoms with van der Waals surface area (Å²) in [6, 6.07) is 0. The van der Waals surface area contributed by atoms with Gasteiger partial charge in [0.1, 0.15) is 6.29 Å². The van der Waals surface area contributed by atoms with Crippen molar-refractivity contribution in [2.75, 3.05) is 0 Å². The molecule has 0 fully saturated rings. The largest absolute Gasteiger partial charge is 0.365 e. The van der Waals surface area contributed by atoms with Crippen molar-refractivity contribution in [3.63, 3.8) is 0 Å². The standard InChI is InChI=1S/C5H10O3/c1-2-5(7,8)3-4-6/h4,7-8H,2-3H2,1H3. The second-order valence-electron chi connectivity index (χ2n) is 1.71. The summed E-state index contributed by atoms with van der Waals surface area (Å²) in [5, 5.41) is 17.3. The smallest absolute Gasteiger partial charge is 0.168 e. The highest BCUT2D eigenvalue weighted by Gasteiger charge is 2.17. The van der Waals surface area contributed by atoms with Crippen molar-refractivity contribution in [2.24, 2.45) is 0 Å². The molecule has 0 aromatic heterocycles. The fourth-order valence-electron chi connectivity index (χ4n) is 0.278. The van der Waals surface area contributed by atoms with Crippen LogP contribution in [0.4, 0.5) is 0 Å². The van der Waals surface area contributed by atoms with E-state index in [4.69, 9.17) is 10.2 Å². The summed E-state index contributed by atoms with van der Waals surface area (Å²) in [6.45, 7) is 1.60. The number of hydrogen-bond acceptors (Lipinski definition) is 3. The molecule has 0 radical (unpaired) electrons. The van der Waals surface area contributed by atoms with Gasteiger partial charge < -0.3 is 15.0 Å². The van der Waals surface area contributed by atoms with E-state index in [1.807, 2.05) is 0 Å². The molecule has 0 aliphatic carbocycles. The van der Waals surface area contributed by atoms with E-state index >= 15 is 0 Å². The lowest BCUT2D eigenvalue weighted by molar-refractivity contribution is -0.167. The first-order valence-corrected chi connectivity index (χ1v) is 2.51. The van der Waals surface area contributed by atoms with E-state index in [-0.39, 0.29) is 12.8 Å². The number of aldehydes is 1. The lowest BCUT2D eigenvalue weighted by Gasteiger charge is -2.14. The summed E-state index contributed by atoms with van der Waals surface area (Å²) < 4.78 is 0. The van der Waals surface area contributed by atoms with Gasteiger partial charge in [0.15, 0.2) is 5.79 Å². The average Bonchev–Trinajstić information content (AvgIpc) is 1.67. The van der Waals surface area contributed by atoms with Crippen molar-refractivity contribution in [3.8, 4) is 0 Å².